The monoisotopic (exact) mass is 252 g/mol. The van der Waals surface area contributed by atoms with E-state index in [1.807, 2.05) is 0 Å². The van der Waals surface area contributed by atoms with Crippen molar-refractivity contribution in [2.24, 2.45) is 5.92 Å². The van der Waals surface area contributed by atoms with Crippen molar-refractivity contribution in [3.63, 3.8) is 0 Å². The van der Waals surface area contributed by atoms with Crippen LogP contribution in [0.15, 0.2) is 0 Å². The summed E-state index contributed by atoms with van der Waals surface area (Å²) in [7, 11) is 0. The highest BCUT2D eigenvalue weighted by atomic mass is 16.4. The summed E-state index contributed by atoms with van der Waals surface area (Å²) >= 11 is 0. The van der Waals surface area contributed by atoms with Gasteiger partial charge in [0, 0.05) is 31.2 Å². The third-order valence-electron chi connectivity index (χ3n) is 4.66. The first kappa shape index (κ1) is 12.4. The number of likely N-dealkylation sites (tertiary alicyclic amines) is 1. The molecule has 0 radical (unpaired) electrons. The summed E-state index contributed by atoms with van der Waals surface area (Å²) in [6.45, 7) is 4.62. The molecular weight excluding hydrogens is 228 g/mol. The van der Waals surface area contributed by atoms with E-state index >= 15 is 0 Å². The van der Waals surface area contributed by atoms with Crippen molar-refractivity contribution < 1.29 is 9.90 Å². The van der Waals surface area contributed by atoms with Gasteiger partial charge < -0.3 is 5.11 Å². The minimum Gasteiger partial charge on any atom is -0.480 e. The molecule has 0 aromatic rings. The second-order valence-electron chi connectivity index (χ2n) is 6.43. The molecule has 0 bridgehead atoms. The molecule has 1 saturated heterocycles. The topological polar surface area (TPSA) is 43.8 Å². The Morgan fingerprint density at radius 1 is 1.33 bits per heavy atom. The number of carboxylic acid groups (broad SMARTS) is 1. The molecule has 1 aliphatic heterocycles. The van der Waals surface area contributed by atoms with Gasteiger partial charge in [-0.25, -0.2) is 0 Å². The Balaban J connectivity index is 1.60. The first-order chi connectivity index (χ1) is 8.63. The van der Waals surface area contributed by atoms with E-state index in [1.165, 1.54) is 25.7 Å². The van der Waals surface area contributed by atoms with Gasteiger partial charge in [0.1, 0.15) is 0 Å². The van der Waals surface area contributed by atoms with Crippen LogP contribution < -0.4 is 0 Å². The van der Waals surface area contributed by atoms with Crippen molar-refractivity contribution in [1.29, 1.82) is 0 Å². The zero-order valence-corrected chi connectivity index (χ0v) is 11.2. The predicted molar refractivity (Wildman–Crippen MR) is 69.5 cm³/mol. The molecule has 2 unspecified atom stereocenters. The van der Waals surface area contributed by atoms with E-state index < -0.39 is 5.97 Å². The van der Waals surface area contributed by atoms with Crippen molar-refractivity contribution in [3.8, 4) is 0 Å². The summed E-state index contributed by atoms with van der Waals surface area (Å²) in [6.07, 6.45) is 6.43. The Hall–Kier alpha value is -0.610. The summed E-state index contributed by atoms with van der Waals surface area (Å²) < 4.78 is 0. The Morgan fingerprint density at radius 3 is 2.61 bits per heavy atom. The Bertz CT molecular complexity index is 326. The van der Waals surface area contributed by atoms with Gasteiger partial charge in [0.2, 0.25) is 0 Å². The molecule has 0 amide bonds. The van der Waals surface area contributed by atoms with Crippen LogP contribution in [0.25, 0.3) is 0 Å². The molecule has 18 heavy (non-hydrogen) atoms. The normalized spacial score (nSPS) is 33.2. The van der Waals surface area contributed by atoms with Gasteiger partial charge in [0.25, 0.3) is 0 Å². The average Bonchev–Trinajstić information content (AvgIpc) is 3.18. The van der Waals surface area contributed by atoms with Crippen LogP contribution in [-0.2, 0) is 4.79 Å². The number of hydrogen-bond acceptors (Lipinski definition) is 3. The highest BCUT2D eigenvalue weighted by Crippen LogP contribution is 2.36. The lowest BCUT2D eigenvalue weighted by molar-refractivity contribution is -0.138. The van der Waals surface area contributed by atoms with Gasteiger partial charge in [-0.3, -0.25) is 14.6 Å². The summed E-state index contributed by atoms with van der Waals surface area (Å²) in [5, 5.41) is 9.08. The summed E-state index contributed by atoms with van der Waals surface area (Å²) in [5.41, 5.74) is 0. The molecule has 4 heteroatoms. The maximum atomic E-state index is 11.0. The highest BCUT2D eigenvalue weighted by molar-refractivity contribution is 5.69. The van der Waals surface area contributed by atoms with Crippen LogP contribution >= 0.6 is 0 Å². The average molecular weight is 252 g/mol. The maximum absolute atomic E-state index is 11.0. The van der Waals surface area contributed by atoms with E-state index in [4.69, 9.17) is 5.11 Å². The molecule has 1 heterocycles. The van der Waals surface area contributed by atoms with E-state index in [0.29, 0.717) is 12.1 Å². The molecule has 2 saturated carbocycles. The number of aliphatic carboxylic acids is 1. The van der Waals surface area contributed by atoms with Gasteiger partial charge in [-0.15, -0.1) is 0 Å². The second kappa shape index (κ2) is 4.82. The molecule has 3 aliphatic rings. The maximum Gasteiger partial charge on any atom is 0.317 e. The van der Waals surface area contributed by atoms with Crippen LogP contribution in [-0.4, -0.2) is 58.6 Å². The molecular formula is C14H24N2O2. The molecule has 3 rings (SSSR count). The lowest BCUT2D eigenvalue weighted by Gasteiger charge is -2.27. The van der Waals surface area contributed by atoms with Crippen molar-refractivity contribution in [3.05, 3.63) is 0 Å². The highest BCUT2D eigenvalue weighted by Gasteiger charge is 2.41. The van der Waals surface area contributed by atoms with Crippen molar-refractivity contribution in [2.45, 2.75) is 57.2 Å². The third kappa shape index (κ3) is 2.86. The number of rotatable bonds is 6. The van der Waals surface area contributed by atoms with Crippen LogP contribution in [0.4, 0.5) is 0 Å². The Kier molecular flexibility index (Phi) is 3.32. The SMILES string of the molecule is CC1CC(N(CC(=O)O)CC2CC2)CN1C1CC1. The lowest BCUT2D eigenvalue weighted by Crippen LogP contribution is -2.42. The predicted octanol–water partition coefficient (Wildman–Crippen LogP) is 1.41. The van der Waals surface area contributed by atoms with Crippen LogP contribution in [0.2, 0.25) is 0 Å². The zero-order chi connectivity index (χ0) is 12.7. The van der Waals surface area contributed by atoms with E-state index in [9.17, 15) is 4.79 Å². The molecule has 0 aromatic carbocycles. The van der Waals surface area contributed by atoms with E-state index in [-0.39, 0.29) is 6.54 Å². The van der Waals surface area contributed by atoms with E-state index in [1.54, 1.807) is 0 Å². The van der Waals surface area contributed by atoms with Crippen molar-refractivity contribution in [2.75, 3.05) is 19.6 Å². The minimum atomic E-state index is -0.673. The number of carboxylic acids is 1. The van der Waals surface area contributed by atoms with Crippen LogP contribution in [0.1, 0.15) is 39.0 Å². The van der Waals surface area contributed by atoms with Crippen LogP contribution in [0, 0.1) is 5.92 Å². The van der Waals surface area contributed by atoms with Gasteiger partial charge in [-0.05, 0) is 44.9 Å². The molecule has 1 N–H and O–H groups in total. The number of carbonyl (C=O) groups is 1. The fourth-order valence-corrected chi connectivity index (χ4v) is 3.36. The van der Waals surface area contributed by atoms with Gasteiger partial charge in [-0.1, -0.05) is 0 Å². The van der Waals surface area contributed by atoms with E-state index in [2.05, 4.69) is 16.7 Å². The molecule has 2 aliphatic carbocycles. The molecule has 4 nitrogen and oxygen atoms in total. The first-order valence-corrected chi connectivity index (χ1v) is 7.35. The van der Waals surface area contributed by atoms with Crippen molar-refractivity contribution in [1.82, 2.24) is 9.80 Å². The molecule has 0 aromatic heterocycles. The summed E-state index contributed by atoms with van der Waals surface area (Å²) in [5.74, 6) is 0.0998. The number of nitrogens with zero attached hydrogens (tertiary/aromatic N) is 2. The standard InChI is InChI=1S/C14H24N2O2/c1-10-6-13(8-16(10)12-4-5-12)15(9-14(17)18)7-11-2-3-11/h10-13H,2-9H2,1H3,(H,17,18). The third-order valence-corrected chi connectivity index (χ3v) is 4.66. The van der Waals surface area contributed by atoms with Crippen LogP contribution in [0.5, 0.6) is 0 Å². The van der Waals surface area contributed by atoms with Gasteiger partial charge in [0.05, 0.1) is 6.54 Å². The second-order valence-corrected chi connectivity index (χ2v) is 6.43. The minimum absolute atomic E-state index is 0.229. The van der Waals surface area contributed by atoms with Crippen molar-refractivity contribution >= 4 is 5.97 Å². The fraction of sp³-hybridized carbons (Fsp3) is 0.929. The van der Waals surface area contributed by atoms with Gasteiger partial charge in [0.15, 0.2) is 0 Å². The summed E-state index contributed by atoms with van der Waals surface area (Å²) in [4.78, 5) is 15.9. The molecule has 3 fully saturated rings. The smallest absolute Gasteiger partial charge is 0.317 e. The van der Waals surface area contributed by atoms with Gasteiger partial charge >= 0.3 is 5.97 Å². The Morgan fingerprint density at radius 2 is 2.06 bits per heavy atom. The van der Waals surface area contributed by atoms with Gasteiger partial charge in [-0.2, -0.15) is 0 Å². The van der Waals surface area contributed by atoms with E-state index in [0.717, 1.165) is 31.5 Å². The zero-order valence-electron chi connectivity index (χ0n) is 11.2. The molecule has 0 spiro atoms. The lowest BCUT2D eigenvalue weighted by atomic mass is 10.1. The Labute approximate surface area is 109 Å². The quantitative estimate of drug-likeness (QED) is 0.776. The first-order valence-electron chi connectivity index (χ1n) is 7.35. The fourth-order valence-electron chi connectivity index (χ4n) is 3.36. The number of hydrogen-bond donors (Lipinski definition) is 1. The van der Waals surface area contributed by atoms with Crippen LogP contribution in [0.3, 0.4) is 0 Å². The largest absolute Gasteiger partial charge is 0.480 e. The summed E-state index contributed by atoms with van der Waals surface area (Å²) in [6, 6.07) is 1.91. The molecule has 2 atom stereocenters. The molecule has 102 valence electrons.